The van der Waals surface area contributed by atoms with Crippen LogP contribution in [0.15, 0.2) is 12.1 Å². The van der Waals surface area contributed by atoms with Crippen LogP contribution in [0.1, 0.15) is 45.7 Å². The first kappa shape index (κ1) is 17.1. The van der Waals surface area contributed by atoms with Gasteiger partial charge in [-0.3, -0.25) is 0 Å². The van der Waals surface area contributed by atoms with Crippen molar-refractivity contribution in [1.82, 2.24) is 5.32 Å². The third-order valence-electron chi connectivity index (χ3n) is 3.28. The first-order valence-electron chi connectivity index (χ1n) is 7.00. The van der Waals surface area contributed by atoms with Gasteiger partial charge in [-0.2, -0.15) is 0 Å². The second-order valence-corrected chi connectivity index (χ2v) is 6.39. The second-order valence-electron chi connectivity index (χ2n) is 5.98. The second kappa shape index (κ2) is 7.19. The fourth-order valence-corrected chi connectivity index (χ4v) is 2.53. The molecule has 0 spiro atoms. The van der Waals surface area contributed by atoms with Crippen LogP contribution in [0.5, 0.6) is 11.5 Å². The van der Waals surface area contributed by atoms with Gasteiger partial charge in [-0.05, 0) is 30.0 Å². The molecule has 20 heavy (non-hydrogen) atoms. The summed E-state index contributed by atoms with van der Waals surface area (Å²) < 4.78 is 10.7. The molecule has 1 aromatic carbocycles. The first-order valence-corrected chi connectivity index (χ1v) is 7.37. The molecule has 0 aliphatic rings. The molecule has 0 heterocycles. The maximum absolute atomic E-state index is 6.44. The van der Waals surface area contributed by atoms with Gasteiger partial charge in [-0.15, -0.1) is 0 Å². The third-order valence-corrected chi connectivity index (χ3v) is 3.61. The van der Waals surface area contributed by atoms with Crippen molar-refractivity contribution in [2.75, 3.05) is 20.8 Å². The fraction of sp³-hybridized carbons (Fsp3) is 0.625. The predicted molar refractivity (Wildman–Crippen MR) is 85.0 cm³/mol. The van der Waals surface area contributed by atoms with Crippen molar-refractivity contribution < 1.29 is 9.47 Å². The summed E-state index contributed by atoms with van der Waals surface area (Å²) >= 11 is 6.44. The molecule has 3 nitrogen and oxygen atoms in total. The largest absolute Gasteiger partial charge is 0.493 e. The van der Waals surface area contributed by atoms with E-state index in [0.29, 0.717) is 16.5 Å². The number of rotatable bonds is 6. The van der Waals surface area contributed by atoms with Gasteiger partial charge in [-0.1, -0.05) is 39.3 Å². The molecule has 0 aliphatic carbocycles. The molecule has 0 amide bonds. The van der Waals surface area contributed by atoms with Gasteiger partial charge in [0.25, 0.3) is 0 Å². The van der Waals surface area contributed by atoms with E-state index in [0.717, 1.165) is 18.5 Å². The molecule has 1 aromatic rings. The third kappa shape index (κ3) is 4.03. The van der Waals surface area contributed by atoms with E-state index in [1.165, 1.54) is 0 Å². The van der Waals surface area contributed by atoms with E-state index in [1.807, 2.05) is 12.1 Å². The Balaban J connectivity index is 3.25. The molecule has 1 unspecified atom stereocenters. The lowest BCUT2D eigenvalue weighted by Crippen LogP contribution is -2.33. The van der Waals surface area contributed by atoms with Crippen LogP contribution in [0.4, 0.5) is 0 Å². The molecule has 1 atom stereocenters. The molecule has 0 radical (unpaired) electrons. The van der Waals surface area contributed by atoms with Crippen molar-refractivity contribution in [2.45, 2.75) is 40.2 Å². The van der Waals surface area contributed by atoms with Crippen molar-refractivity contribution in [3.63, 3.8) is 0 Å². The minimum atomic E-state index is 0.0540. The molecule has 114 valence electrons. The topological polar surface area (TPSA) is 30.5 Å². The van der Waals surface area contributed by atoms with Crippen LogP contribution in [0.3, 0.4) is 0 Å². The Morgan fingerprint density at radius 2 is 1.70 bits per heavy atom. The summed E-state index contributed by atoms with van der Waals surface area (Å²) in [6.45, 7) is 9.71. The van der Waals surface area contributed by atoms with Crippen LogP contribution in [0.25, 0.3) is 0 Å². The Morgan fingerprint density at radius 1 is 1.15 bits per heavy atom. The number of ether oxygens (including phenoxy) is 2. The van der Waals surface area contributed by atoms with Crippen molar-refractivity contribution in [3.8, 4) is 11.5 Å². The lowest BCUT2D eigenvalue weighted by atomic mass is 9.82. The standard InChI is InChI=1S/C16H26ClNO2/c1-7-8-18-15(16(2,3)4)11-9-13(19-5)14(20-6)10-12(11)17/h9-10,15,18H,7-8H2,1-6H3. The van der Waals surface area contributed by atoms with Gasteiger partial charge in [-0.25, -0.2) is 0 Å². The minimum Gasteiger partial charge on any atom is -0.493 e. The molecule has 0 aliphatic heterocycles. The average Bonchev–Trinajstić information content (AvgIpc) is 2.38. The van der Waals surface area contributed by atoms with Gasteiger partial charge in [0.15, 0.2) is 11.5 Å². The molecule has 4 heteroatoms. The van der Waals surface area contributed by atoms with Gasteiger partial charge >= 0.3 is 0 Å². The molecule has 0 aromatic heterocycles. The Bertz CT molecular complexity index is 441. The number of halogens is 1. The lowest BCUT2D eigenvalue weighted by molar-refractivity contribution is 0.272. The maximum atomic E-state index is 6.44. The Labute approximate surface area is 127 Å². The average molecular weight is 300 g/mol. The van der Waals surface area contributed by atoms with Crippen molar-refractivity contribution in [3.05, 3.63) is 22.7 Å². The molecular weight excluding hydrogens is 274 g/mol. The number of hydrogen-bond acceptors (Lipinski definition) is 3. The van der Waals surface area contributed by atoms with E-state index in [-0.39, 0.29) is 11.5 Å². The zero-order chi connectivity index (χ0) is 15.3. The number of hydrogen-bond donors (Lipinski definition) is 1. The van der Waals surface area contributed by atoms with Crippen LogP contribution in [0, 0.1) is 5.41 Å². The lowest BCUT2D eigenvalue weighted by Gasteiger charge is -2.33. The zero-order valence-electron chi connectivity index (χ0n) is 13.3. The highest BCUT2D eigenvalue weighted by Crippen LogP contribution is 2.41. The number of benzene rings is 1. The Hall–Kier alpha value is -0.930. The van der Waals surface area contributed by atoms with E-state index in [9.17, 15) is 0 Å². The van der Waals surface area contributed by atoms with Gasteiger partial charge in [0.05, 0.1) is 14.2 Å². The summed E-state index contributed by atoms with van der Waals surface area (Å²) in [5.74, 6) is 1.36. The summed E-state index contributed by atoms with van der Waals surface area (Å²) in [6, 6.07) is 3.96. The summed E-state index contributed by atoms with van der Waals surface area (Å²) in [4.78, 5) is 0. The van der Waals surface area contributed by atoms with Gasteiger partial charge in [0.1, 0.15) is 0 Å². The molecular formula is C16H26ClNO2. The number of nitrogens with one attached hydrogen (secondary N) is 1. The molecule has 1 N–H and O–H groups in total. The van der Waals surface area contributed by atoms with Gasteiger partial charge in [0, 0.05) is 17.1 Å². The van der Waals surface area contributed by atoms with Crippen LogP contribution < -0.4 is 14.8 Å². The van der Waals surface area contributed by atoms with Crippen molar-refractivity contribution in [2.24, 2.45) is 5.41 Å². The highest BCUT2D eigenvalue weighted by Gasteiger charge is 2.28. The van der Waals surface area contributed by atoms with Crippen molar-refractivity contribution in [1.29, 1.82) is 0 Å². The van der Waals surface area contributed by atoms with E-state index < -0.39 is 0 Å². The van der Waals surface area contributed by atoms with Crippen LogP contribution in [0.2, 0.25) is 5.02 Å². The quantitative estimate of drug-likeness (QED) is 0.842. The highest BCUT2D eigenvalue weighted by molar-refractivity contribution is 6.31. The molecule has 0 saturated carbocycles. The first-order chi connectivity index (χ1) is 9.35. The molecule has 0 saturated heterocycles. The van der Waals surface area contributed by atoms with E-state index in [4.69, 9.17) is 21.1 Å². The molecule has 1 rings (SSSR count). The Morgan fingerprint density at radius 3 is 2.15 bits per heavy atom. The molecule has 0 fully saturated rings. The monoisotopic (exact) mass is 299 g/mol. The highest BCUT2D eigenvalue weighted by atomic mass is 35.5. The summed E-state index contributed by atoms with van der Waals surface area (Å²) in [5, 5.41) is 4.27. The summed E-state index contributed by atoms with van der Waals surface area (Å²) in [6.07, 6.45) is 1.08. The van der Waals surface area contributed by atoms with E-state index in [2.05, 4.69) is 33.0 Å². The Kier molecular flexibility index (Phi) is 6.15. The fourth-order valence-electron chi connectivity index (χ4n) is 2.26. The normalized spacial score (nSPS) is 13.2. The predicted octanol–water partition coefficient (Wildman–Crippen LogP) is 4.44. The van der Waals surface area contributed by atoms with E-state index in [1.54, 1.807) is 14.2 Å². The smallest absolute Gasteiger partial charge is 0.162 e. The van der Waals surface area contributed by atoms with E-state index >= 15 is 0 Å². The van der Waals surface area contributed by atoms with Gasteiger partial charge in [0.2, 0.25) is 0 Å². The summed E-state index contributed by atoms with van der Waals surface area (Å²) in [7, 11) is 3.26. The van der Waals surface area contributed by atoms with Crippen LogP contribution in [-0.4, -0.2) is 20.8 Å². The molecule has 0 bridgehead atoms. The van der Waals surface area contributed by atoms with Crippen LogP contribution in [-0.2, 0) is 0 Å². The summed E-state index contributed by atoms with van der Waals surface area (Å²) in [5.41, 5.74) is 1.10. The zero-order valence-corrected chi connectivity index (χ0v) is 14.1. The SMILES string of the molecule is CCCNC(c1cc(OC)c(OC)cc1Cl)C(C)(C)C. The minimum absolute atomic E-state index is 0.0540. The number of methoxy groups -OCH3 is 2. The van der Waals surface area contributed by atoms with Crippen LogP contribution >= 0.6 is 11.6 Å². The van der Waals surface area contributed by atoms with Gasteiger partial charge < -0.3 is 14.8 Å². The maximum Gasteiger partial charge on any atom is 0.162 e. The van der Waals surface area contributed by atoms with Crippen molar-refractivity contribution >= 4 is 11.6 Å².